The van der Waals surface area contributed by atoms with Crippen LogP contribution in [0.2, 0.25) is 0 Å². The van der Waals surface area contributed by atoms with Crippen LogP contribution in [0.3, 0.4) is 0 Å². The fourth-order valence-corrected chi connectivity index (χ4v) is 6.80. The van der Waals surface area contributed by atoms with Crippen molar-refractivity contribution < 1.29 is 4.79 Å². The van der Waals surface area contributed by atoms with Crippen LogP contribution in [0.1, 0.15) is 80.5 Å². The van der Waals surface area contributed by atoms with Crippen molar-refractivity contribution in [2.24, 2.45) is 4.99 Å². The SMILES string of the molecule is CCCCCCCCCC(=O)NC1=Nc2ccc(C)cc2C(c2ccc(N(C)C)cc2)(c2ccc(N(C)C)cc2)S1. The van der Waals surface area contributed by atoms with Crippen LogP contribution in [0.15, 0.2) is 71.7 Å². The number of hydrogen-bond donors (Lipinski definition) is 1. The second kappa shape index (κ2) is 14.1. The Hall–Kier alpha value is -3.25. The Labute approximate surface area is 251 Å². The second-order valence-electron chi connectivity index (χ2n) is 11.5. The number of aryl methyl sites for hydroxylation is 1. The van der Waals surface area contributed by atoms with E-state index < -0.39 is 4.75 Å². The molecule has 1 aliphatic heterocycles. The number of carbonyl (C=O) groups excluding carboxylic acids is 1. The van der Waals surface area contributed by atoms with E-state index in [1.54, 1.807) is 11.8 Å². The Bertz CT molecular complexity index is 1280. The highest BCUT2D eigenvalue weighted by Gasteiger charge is 2.43. The van der Waals surface area contributed by atoms with Crippen molar-refractivity contribution in [1.29, 1.82) is 0 Å². The Balaban J connectivity index is 1.69. The molecule has 0 fully saturated rings. The van der Waals surface area contributed by atoms with E-state index in [9.17, 15) is 4.79 Å². The lowest BCUT2D eigenvalue weighted by molar-refractivity contribution is -0.119. The molecule has 1 amide bonds. The zero-order chi connectivity index (χ0) is 29.4. The molecule has 4 rings (SSSR count). The van der Waals surface area contributed by atoms with Gasteiger partial charge in [0.25, 0.3) is 0 Å². The van der Waals surface area contributed by atoms with Crippen molar-refractivity contribution in [3.63, 3.8) is 0 Å². The van der Waals surface area contributed by atoms with E-state index in [-0.39, 0.29) is 5.91 Å². The van der Waals surface area contributed by atoms with Crippen LogP contribution in [0.25, 0.3) is 0 Å². The normalized spacial score (nSPS) is 13.8. The van der Waals surface area contributed by atoms with Crippen LogP contribution in [0, 0.1) is 6.92 Å². The third kappa shape index (κ3) is 7.34. The van der Waals surface area contributed by atoms with Gasteiger partial charge in [-0.2, -0.15) is 0 Å². The van der Waals surface area contributed by atoms with Crippen molar-refractivity contribution in [3.8, 4) is 0 Å². The first-order valence-corrected chi connectivity index (χ1v) is 15.8. The van der Waals surface area contributed by atoms with Gasteiger partial charge >= 0.3 is 0 Å². The predicted molar refractivity (Wildman–Crippen MR) is 178 cm³/mol. The summed E-state index contributed by atoms with van der Waals surface area (Å²) in [6.07, 6.45) is 8.84. The Kier molecular flexibility index (Phi) is 10.5. The number of carbonyl (C=O) groups is 1. The fourth-order valence-electron chi connectivity index (χ4n) is 5.42. The number of anilines is 2. The minimum atomic E-state index is -0.569. The summed E-state index contributed by atoms with van der Waals surface area (Å²) in [4.78, 5) is 22.3. The van der Waals surface area contributed by atoms with Crippen LogP contribution in [0.4, 0.5) is 17.1 Å². The molecule has 0 saturated carbocycles. The van der Waals surface area contributed by atoms with Gasteiger partial charge in [0.15, 0.2) is 5.17 Å². The molecule has 41 heavy (non-hydrogen) atoms. The average Bonchev–Trinajstić information content (AvgIpc) is 2.96. The van der Waals surface area contributed by atoms with Gasteiger partial charge in [-0.1, -0.05) is 99.2 Å². The predicted octanol–water partition coefficient (Wildman–Crippen LogP) is 8.41. The molecular formula is C35H46N4OS. The summed E-state index contributed by atoms with van der Waals surface area (Å²) in [6.45, 7) is 4.37. The monoisotopic (exact) mass is 570 g/mol. The number of hydrogen-bond acceptors (Lipinski definition) is 5. The first-order valence-electron chi connectivity index (χ1n) is 15.0. The molecule has 0 aromatic heterocycles. The fraction of sp³-hybridized carbons (Fsp3) is 0.429. The molecule has 218 valence electrons. The molecule has 0 spiro atoms. The number of thioether (sulfide) groups is 1. The summed E-state index contributed by atoms with van der Waals surface area (Å²) >= 11 is 1.64. The topological polar surface area (TPSA) is 47.9 Å². The summed E-state index contributed by atoms with van der Waals surface area (Å²) in [5.74, 6) is 0.0418. The molecule has 0 aliphatic carbocycles. The maximum Gasteiger partial charge on any atom is 0.225 e. The largest absolute Gasteiger partial charge is 0.378 e. The number of aliphatic imine (C=N–C) groups is 1. The van der Waals surface area contributed by atoms with Crippen molar-refractivity contribution in [3.05, 3.63) is 89.0 Å². The van der Waals surface area contributed by atoms with Gasteiger partial charge in [0.2, 0.25) is 5.91 Å². The van der Waals surface area contributed by atoms with Crippen molar-refractivity contribution in [2.45, 2.75) is 70.0 Å². The van der Waals surface area contributed by atoms with E-state index in [0.717, 1.165) is 46.6 Å². The standard InChI is InChI=1S/C35H46N4OS/c1-7-8-9-10-11-12-13-14-33(40)37-34-36-32-24-15-26(2)25-31(32)35(41-34,27-16-20-29(21-17-27)38(3)4)28-18-22-30(23-19-28)39(5)6/h15-25H,7-14H2,1-6H3,(H,36,37,40). The molecule has 3 aromatic rings. The van der Waals surface area contributed by atoms with Crippen LogP contribution in [-0.4, -0.2) is 39.3 Å². The first-order chi connectivity index (χ1) is 19.7. The molecule has 0 radical (unpaired) electrons. The summed E-state index contributed by atoms with van der Waals surface area (Å²) in [7, 11) is 8.24. The summed E-state index contributed by atoms with van der Waals surface area (Å²) in [6, 6.07) is 24.0. The Morgan fingerprint density at radius 2 is 1.32 bits per heavy atom. The van der Waals surface area contributed by atoms with Gasteiger partial charge in [0.05, 0.1) is 5.69 Å². The lowest BCUT2D eigenvalue weighted by Gasteiger charge is -2.39. The number of fused-ring (bicyclic) bond motifs is 1. The lowest BCUT2D eigenvalue weighted by Crippen LogP contribution is -2.37. The lowest BCUT2D eigenvalue weighted by atomic mass is 9.82. The summed E-state index contributed by atoms with van der Waals surface area (Å²) in [5.41, 5.74) is 7.84. The molecule has 6 heteroatoms. The third-order valence-corrected chi connectivity index (χ3v) is 9.22. The third-order valence-electron chi connectivity index (χ3n) is 7.84. The highest BCUT2D eigenvalue weighted by Crippen LogP contribution is 2.54. The van der Waals surface area contributed by atoms with E-state index in [1.165, 1.54) is 37.7 Å². The number of nitrogens with one attached hydrogen (secondary N) is 1. The zero-order valence-corrected chi connectivity index (χ0v) is 26.5. The van der Waals surface area contributed by atoms with Gasteiger partial charge in [-0.25, -0.2) is 4.99 Å². The maximum absolute atomic E-state index is 13.1. The van der Waals surface area contributed by atoms with Crippen molar-refractivity contribution in [2.75, 3.05) is 38.0 Å². The molecule has 1 aliphatic rings. The smallest absolute Gasteiger partial charge is 0.225 e. The number of amides is 1. The van der Waals surface area contributed by atoms with Crippen LogP contribution < -0.4 is 15.1 Å². The van der Waals surface area contributed by atoms with Gasteiger partial charge in [0, 0.05) is 51.5 Å². The van der Waals surface area contributed by atoms with Crippen LogP contribution in [0.5, 0.6) is 0 Å². The number of amidine groups is 1. The number of rotatable bonds is 12. The molecule has 0 unspecified atom stereocenters. The molecule has 0 saturated heterocycles. The van der Waals surface area contributed by atoms with Gasteiger partial charge in [-0.15, -0.1) is 0 Å². The van der Waals surface area contributed by atoms with E-state index in [4.69, 9.17) is 4.99 Å². The Morgan fingerprint density at radius 1 is 0.780 bits per heavy atom. The molecule has 0 bridgehead atoms. The number of benzene rings is 3. The first kappa shape index (κ1) is 30.7. The average molecular weight is 571 g/mol. The van der Waals surface area contributed by atoms with E-state index in [2.05, 4.69) is 124 Å². The zero-order valence-electron chi connectivity index (χ0n) is 25.7. The van der Waals surface area contributed by atoms with Crippen molar-refractivity contribution >= 4 is 39.9 Å². The molecule has 3 aromatic carbocycles. The van der Waals surface area contributed by atoms with E-state index >= 15 is 0 Å². The number of unbranched alkanes of at least 4 members (excludes halogenated alkanes) is 6. The van der Waals surface area contributed by atoms with E-state index in [0.29, 0.717) is 11.6 Å². The van der Waals surface area contributed by atoms with Gasteiger partial charge < -0.3 is 15.1 Å². The maximum atomic E-state index is 13.1. The summed E-state index contributed by atoms with van der Waals surface area (Å²) in [5, 5.41) is 3.85. The minimum Gasteiger partial charge on any atom is -0.378 e. The minimum absolute atomic E-state index is 0.0418. The van der Waals surface area contributed by atoms with Gasteiger partial charge in [-0.05, 0) is 54.8 Å². The Morgan fingerprint density at radius 3 is 1.85 bits per heavy atom. The molecule has 5 nitrogen and oxygen atoms in total. The van der Waals surface area contributed by atoms with Crippen LogP contribution >= 0.6 is 11.8 Å². The summed E-state index contributed by atoms with van der Waals surface area (Å²) < 4.78 is -0.569. The van der Waals surface area contributed by atoms with E-state index in [1.807, 2.05) is 0 Å². The molecule has 1 heterocycles. The van der Waals surface area contributed by atoms with Gasteiger partial charge in [-0.3, -0.25) is 4.79 Å². The quantitative estimate of drug-likeness (QED) is 0.222. The molecular weight excluding hydrogens is 524 g/mol. The highest BCUT2D eigenvalue weighted by molar-refractivity contribution is 8.15. The van der Waals surface area contributed by atoms with Crippen LogP contribution in [-0.2, 0) is 9.54 Å². The highest BCUT2D eigenvalue weighted by atomic mass is 32.2. The molecule has 0 atom stereocenters. The second-order valence-corrected chi connectivity index (χ2v) is 12.7. The molecule has 1 N–H and O–H groups in total. The van der Waals surface area contributed by atoms with Gasteiger partial charge in [0.1, 0.15) is 4.75 Å². The van der Waals surface area contributed by atoms with Crippen molar-refractivity contribution in [1.82, 2.24) is 5.32 Å². The number of nitrogens with zero attached hydrogens (tertiary/aromatic N) is 3.